The van der Waals surface area contributed by atoms with Crippen LogP contribution in [0.1, 0.15) is 30.9 Å². The molecule has 1 aliphatic heterocycles. The summed E-state index contributed by atoms with van der Waals surface area (Å²) < 4.78 is 33.4. The zero-order valence-electron chi connectivity index (χ0n) is 16.6. The summed E-state index contributed by atoms with van der Waals surface area (Å²) in [6.45, 7) is 3.15. The van der Waals surface area contributed by atoms with Gasteiger partial charge in [-0.25, -0.2) is 13.1 Å². The van der Waals surface area contributed by atoms with Gasteiger partial charge in [0.1, 0.15) is 12.4 Å². The first-order chi connectivity index (χ1) is 14.0. The Morgan fingerprint density at radius 2 is 1.93 bits per heavy atom. The van der Waals surface area contributed by atoms with E-state index in [9.17, 15) is 13.2 Å². The summed E-state index contributed by atoms with van der Waals surface area (Å²) >= 11 is 0. The highest BCUT2D eigenvalue weighted by molar-refractivity contribution is 7.89. The molecule has 29 heavy (non-hydrogen) atoms. The second-order valence-corrected chi connectivity index (χ2v) is 9.32. The average Bonchev–Trinajstić information content (AvgIpc) is 3.50. The summed E-state index contributed by atoms with van der Waals surface area (Å²) in [6.07, 6.45) is 3.58. The fraction of sp³-hybridized carbons (Fsp3) is 0.409. The first-order valence-electron chi connectivity index (χ1n) is 10.1. The van der Waals surface area contributed by atoms with Crippen LogP contribution in [0.25, 0.3) is 0 Å². The average molecular weight is 415 g/mol. The molecule has 4 rings (SSSR count). The Bertz CT molecular complexity index is 998. The van der Waals surface area contributed by atoms with Crippen LogP contribution in [-0.2, 0) is 27.7 Å². The lowest BCUT2D eigenvalue weighted by Crippen LogP contribution is -2.30. The highest BCUT2D eigenvalue weighted by Gasteiger charge is 2.36. The van der Waals surface area contributed by atoms with Crippen LogP contribution in [0.4, 0.5) is 5.69 Å². The van der Waals surface area contributed by atoms with E-state index in [1.165, 1.54) is 5.56 Å². The lowest BCUT2D eigenvalue weighted by molar-refractivity contribution is -0.119. The Kier molecular flexibility index (Phi) is 5.61. The zero-order valence-corrected chi connectivity index (χ0v) is 17.4. The van der Waals surface area contributed by atoms with Crippen LogP contribution in [0.3, 0.4) is 0 Å². The van der Waals surface area contributed by atoms with E-state index in [-0.39, 0.29) is 29.9 Å². The van der Waals surface area contributed by atoms with Crippen molar-refractivity contribution in [2.45, 2.75) is 37.5 Å². The van der Waals surface area contributed by atoms with E-state index in [0.717, 1.165) is 36.3 Å². The van der Waals surface area contributed by atoms with Crippen LogP contribution in [0.5, 0.6) is 5.75 Å². The van der Waals surface area contributed by atoms with Crippen molar-refractivity contribution in [2.24, 2.45) is 5.92 Å². The van der Waals surface area contributed by atoms with E-state index in [2.05, 4.69) is 11.6 Å². The number of aryl methyl sites for hydroxylation is 1. The summed E-state index contributed by atoms with van der Waals surface area (Å²) in [4.78, 5) is 14.4. The highest BCUT2D eigenvalue weighted by Crippen LogP contribution is 2.37. The summed E-state index contributed by atoms with van der Waals surface area (Å²) in [7, 11) is -3.62. The minimum absolute atomic E-state index is 0.157. The molecule has 2 aliphatic rings. The molecule has 0 aromatic heterocycles. The van der Waals surface area contributed by atoms with Gasteiger partial charge in [-0.15, -0.1) is 0 Å². The smallest absolute Gasteiger partial charge is 0.240 e. The maximum absolute atomic E-state index is 12.6. The predicted octanol–water partition coefficient (Wildman–Crippen LogP) is 2.91. The number of nitrogens with zero attached hydrogens (tertiary/aromatic N) is 1. The standard InChI is InChI=1S/C22H26N2O4S/c1-2-16-3-7-19(8-4-16)28-14-12-23-29(26,27)20-9-10-21-18(15-20)11-13-24(21)22(25)17-5-6-17/h3-4,7-10,15,17,23H,2,5-6,11-14H2,1H3. The van der Waals surface area contributed by atoms with Crippen molar-refractivity contribution in [1.29, 1.82) is 0 Å². The number of amides is 1. The number of carbonyl (C=O) groups is 1. The Hall–Kier alpha value is -2.38. The second-order valence-electron chi connectivity index (χ2n) is 7.55. The van der Waals surface area contributed by atoms with Crippen molar-refractivity contribution in [2.75, 3.05) is 24.6 Å². The summed E-state index contributed by atoms with van der Waals surface area (Å²) in [5.41, 5.74) is 2.99. The van der Waals surface area contributed by atoms with Crippen LogP contribution >= 0.6 is 0 Å². The van der Waals surface area contributed by atoms with Gasteiger partial charge in [-0.05, 0) is 67.1 Å². The molecular weight excluding hydrogens is 388 g/mol. The van der Waals surface area contributed by atoms with E-state index in [4.69, 9.17) is 4.74 Å². The van der Waals surface area contributed by atoms with Gasteiger partial charge in [0.15, 0.2) is 0 Å². The fourth-order valence-corrected chi connectivity index (χ4v) is 4.64. The number of hydrogen-bond donors (Lipinski definition) is 1. The number of anilines is 1. The van der Waals surface area contributed by atoms with Crippen molar-refractivity contribution in [1.82, 2.24) is 4.72 Å². The molecule has 6 nitrogen and oxygen atoms in total. The van der Waals surface area contributed by atoms with E-state index in [1.807, 2.05) is 24.3 Å². The van der Waals surface area contributed by atoms with Crippen molar-refractivity contribution >= 4 is 21.6 Å². The molecule has 0 saturated heterocycles. The molecule has 1 fully saturated rings. The molecule has 1 N–H and O–H groups in total. The van der Waals surface area contributed by atoms with Crippen LogP contribution in [-0.4, -0.2) is 34.0 Å². The summed E-state index contributed by atoms with van der Waals surface area (Å²) in [6, 6.07) is 12.8. The van der Waals surface area contributed by atoms with Crippen LogP contribution in [0.15, 0.2) is 47.4 Å². The lowest BCUT2D eigenvalue weighted by Gasteiger charge is -2.17. The number of carbonyl (C=O) groups excluding carboxylic acids is 1. The van der Waals surface area contributed by atoms with Gasteiger partial charge in [0, 0.05) is 24.7 Å². The highest BCUT2D eigenvalue weighted by atomic mass is 32.2. The predicted molar refractivity (Wildman–Crippen MR) is 112 cm³/mol. The van der Waals surface area contributed by atoms with Crippen molar-refractivity contribution < 1.29 is 17.9 Å². The molecular formula is C22H26N2O4S. The Morgan fingerprint density at radius 3 is 2.62 bits per heavy atom. The molecule has 1 saturated carbocycles. The van der Waals surface area contributed by atoms with Crippen LogP contribution in [0.2, 0.25) is 0 Å². The van der Waals surface area contributed by atoms with Gasteiger partial charge in [0.2, 0.25) is 15.9 Å². The third-order valence-electron chi connectivity index (χ3n) is 5.44. The third-order valence-corrected chi connectivity index (χ3v) is 6.90. The van der Waals surface area contributed by atoms with Gasteiger partial charge in [0.25, 0.3) is 0 Å². The Labute approximate surface area is 171 Å². The monoisotopic (exact) mass is 414 g/mol. The van der Waals surface area contributed by atoms with Gasteiger partial charge in [-0.3, -0.25) is 4.79 Å². The third kappa shape index (κ3) is 4.46. The zero-order chi connectivity index (χ0) is 20.4. The first kappa shape index (κ1) is 19.9. The van der Waals surface area contributed by atoms with Crippen molar-refractivity contribution in [3.05, 3.63) is 53.6 Å². The number of hydrogen-bond acceptors (Lipinski definition) is 4. The lowest BCUT2D eigenvalue weighted by atomic mass is 10.2. The molecule has 0 radical (unpaired) electrons. The van der Waals surface area contributed by atoms with E-state index in [0.29, 0.717) is 13.0 Å². The number of rotatable bonds is 8. The van der Waals surface area contributed by atoms with Crippen molar-refractivity contribution in [3.63, 3.8) is 0 Å². The molecule has 0 atom stereocenters. The SMILES string of the molecule is CCc1ccc(OCCNS(=O)(=O)c2ccc3c(c2)CCN3C(=O)C2CC2)cc1. The van der Waals surface area contributed by atoms with Crippen LogP contribution < -0.4 is 14.4 Å². The van der Waals surface area contributed by atoms with E-state index >= 15 is 0 Å². The topological polar surface area (TPSA) is 75.7 Å². The maximum Gasteiger partial charge on any atom is 0.240 e. The van der Waals surface area contributed by atoms with Gasteiger partial charge in [0.05, 0.1) is 4.90 Å². The Balaban J connectivity index is 1.34. The molecule has 0 spiro atoms. The van der Waals surface area contributed by atoms with Gasteiger partial charge in [-0.2, -0.15) is 0 Å². The summed E-state index contributed by atoms with van der Waals surface area (Å²) in [5, 5.41) is 0. The molecule has 0 unspecified atom stereocenters. The van der Waals surface area contributed by atoms with Gasteiger partial charge < -0.3 is 9.64 Å². The Morgan fingerprint density at radius 1 is 1.17 bits per heavy atom. The summed E-state index contributed by atoms with van der Waals surface area (Å²) in [5.74, 6) is 1.05. The van der Waals surface area contributed by atoms with E-state index < -0.39 is 10.0 Å². The van der Waals surface area contributed by atoms with Gasteiger partial charge in [-0.1, -0.05) is 19.1 Å². The number of ether oxygens (including phenoxy) is 1. The minimum Gasteiger partial charge on any atom is -0.492 e. The fourth-order valence-electron chi connectivity index (χ4n) is 3.57. The minimum atomic E-state index is -3.62. The molecule has 1 amide bonds. The molecule has 1 aliphatic carbocycles. The van der Waals surface area contributed by atoms with E-state index in [1.54, 1.807) is 23.1 Å². The molecule has 2 aromatic rings. The molecule has 7 heteroatoms. The molecule has 1 heterocycles. The number of fused-ring (bicyclic) bond motifs is 1. The quantitative estimate of drug-likeness (QED) is 0.674. The van der Waals surface area contributed by atoms with Crippen molar-refractivity contribution in [3.8, 4) is 5.75 Å². The normalized spacial score (nSPS) is 16.0. The molecule has 154 valence electrons. The maximum atomic E-state index is 12.6. The number of nitrogens with one attached hydrogen (secondary N) is 1. The second kappa shape index (κ2) is 8.16. The number of sulfonamides is 1. The first-order valence-corrected chi connectivity index (χ1v) is 11.6. The molecule has 0 bridgehead atoms. The number of benzene rings is 2. The largest absolute Gasteiger partial charge is 0.492 e. The molecule has 2 aromatic carbocycles. The van der Waals surface area contributed by atoms with Crippen LogP contribution in [0, 0.1) is 5.92 Å². The van der Waals surface area contributed by atoms with Gasteiger partial charge >= 0.3 is 0 Å².